The summed E-state index contributed by atoms with van der Waals surface area (Å²) < 4.78 is 1.88. The molecule has 0 bridgehead atoms. The van der Waals surface area contributed by atoms with Crippen LogP contribution in [0, 0.1) is 0 Å². The van der Waals surface area contributed by atoms with Gasteiger partial charge in [-0.1, -0.05) is 0 Å². The second-order valence-corrected chi connectivity index (χ2v) is 5.05. The van der Waals surface area contributed by atoms with Crippen LogP contribution in [-0.4, -0.2) is 41.2 Å². The zero-order chi connectivity index (χ0) is 15.2. The molecule has 0 fully saturated rings. The Morgan fingerprint density at radius 1 is 1.43 bits per heavy atom. The molecule has 21 heavy (non-hydrogen) atoms. The summed E-state index contributed by atoms with van der Waals surface area (Å²) in [6.45, 7) is 1.58. The van der Waals surface area contributed by atoms with Crippen LogP contribution in [0.2, 0.25) is 0 Å². The van der Waals surface area contributed by atoms with Crippen molar-refractivity contribution in [3.63, 3.8) is 0 Å². The molecule has 0 atom stereocenters. The fourth-order valence-corrected chi connectivity index (χ4v) is 2.03. The van der Waals surface area contributed by atoms with Crippen molar-refractivity contribution in [2.45, 2.75) is 13.0 Å². The van der Waals surface area contributed by atoms with Gasteiger partial charge in [-0.05, 0) is 30.7 Å². The lowest BCUT2D eigenvalue weighted by molar-refractivity contribution is 0.0828. The average molecular weight is 287 g/mol. The molecule has 1 amide bonds. The maximum atomic E-state index is 12.1. The van der Waals surface area contributed by atoms with Gasteiger partial charge in [0.2, 0.25) is 0 Å². The zero-order valence-corrected chi connectivity index (χ0v) is 12.4. The molecule has 6 heteroatoms. The summed E-state index contributed by atoms with van der Waals surface area (Å²) in [5.41, 5.74) is 7.85. The van der Waals surface area contributed by atoms with Crippen LogP contribution >= 0.6 is 0 Å². The number of carbonyl (C=O) groups excluding carboxylic acids is 1. The summed E-state index contributed by atoms with van der Waals surface area (Å²) in [5, 5.41) is 7.44. The van der Waals surface area contributed by atoms with E-state index in [-0.39, 0.29) is 5.91 Å². The van der Waals surface area contributed by atoms with Gasteiger partial charge in [0, 0.05) is 51.0 Å². The van der Waals surface area contributed by atoms with Gasteiger partial charge in [0.15, 0.2) is 0 Å². The van der Waals surface area contributed by atoms with Gasteiger partial charge < -0.3 is 16.0 Å². The van der Waals surface area contributed by atoms with Crippen molar-refractivity contribution in [3.8, 4) is 0 Å². The van der Waals surface area contributed by atoms with Gasteiger partial charge >= 0.3 is 0 Å². The van der Waals surface area contributed by atoms with Crippen LogP contribution in [0.3, 0.4) is 0 Å². The highest BCUT2D eigenvalue weighted by molar-refractivity contribution is 5.99. The minimum atomic E-state index is -0.0374. The highest BCUT2D eigenvalue weighted by atomic mass is 16.2. The second kappa shape index (κ2) is 6.78. The van der Waals surface area contributed by atoms with E-state index in [0.717, 1.165) is 25.2 Å². The normalized spacial score (nSPS) is 10.4. The molecule has 2 rings (SSSR count). The molecule has 0 unspecified atom stereocenters. The number of nitrogen functional groups attached to an aromatic ring is 1. The molecule has 2 aromatic rings. The molecular weight excluding hydrogens is 266 g/mol. The fraction of sp³-hybridized carbons (Fsp3) is 0.333. The third-order valence-corrected chi connectivity index (χ3v) is 3.12. The van der Waals surface area contributed by atoms with Gasteiger partial charge in [0.25, 0.3) is 5.91 Å². The Hall–Kier alpha value is -2.50. The Kier molecular flexibility index (Phi) is 4.81. The lowest BCUT2D eigenvalue weighted by Crippen LogP contribution is -2.23. The van der Waals surface area contributed by atoms with E-state index >= 15 is 0 Å². The number of aromatic nitrogens is 2. The van der Waals surface area contributed by atoms with E-state index in [2.05, 4.69) is 10.4 Å². The van der Waals surface area contributed by atoms with Gasteiger partial charge in [-0.3, -0.25) is 9.48 Å². The zero-order valence-electron chi connectivity index (χ0n) is 12.4. The van der Waals surface area contributed by atoms with Crippen molar-refractivity contribution in [1.82, 2.24) is 14.7 Å². The molecule has 6 nitrogen and oxygen atoms in total. The standard InChI is InChI=1S/C15H21N5O/c1-19(2)15(21)13-6-5-12(16)11-14(13)17-7-3-9-20-10-4-8-18-20/h4-6,8,10-11,17H,3,7,9,16H2,1-2H3. The van der Waals surface area contributed by atoms with Crippen molar-refractivity contribution in [2.24, 2.45) is 0 Å². The number of hydrogen-bond acceptors (Lipinski definition) is 4. The van der Waals surface area contributed by atoms with Gasteiger partial charge in [0.05, 0.1) is 5.56 Å². The number of nitrogens with one attached hydrogen (secondary N) is 1. The number of carbonyl (C=O) groups is 1. The summed E-state index contributed by atoms with van der Waals surface area (Å²) in [7, 11) is 3.47. The maximum Gasteiger partial charge on any atom is 0.255 e. The minimum Gasteiger partial charge on any atom is -0.399 e. The first-order chi connectivity index (χ1) is 10.1. The van der Waals surface area contributed by atoms with E-state index < -0.39 is 0 Å². The molecular formula is C15H21N5O. The van der Waals surface area contributed by atoms with E-state index in [0.29, 0.717) is 11.3 Å². The third-order valence-electron chi connectivity index (χ3n) is 3.12. The third kappa shape index (κ3) is 3.98. The molecule has 3 N–H and O–H groups in total. The predicted molar refractivity (Wildman–Crippen MR) is 84.2 cm³/mol. The molecule has 0 spiro atoms. The van der Waals surface area contributed by atoms with Crippen molar-refractivity contribution >= 4 is 17.3 Å². The second-order valence-electron chi connectivity index (χ2n) is 5.05. The molecule has 1 heterocycles. The summed E-state index contributed by atoms with van der Waals surface area (Å²) >= 11 is 0. The van der Waals surface area contributed by atoms with Crippen LogP contribution in [0.5, 0.6) is 0 Å². The Morgan fingerprint density at radius 3 is 2.90 bits per heavy atom. The number of nitrogens with two attached hydrogens (primary N) is 1. The molecule has 1 aromatic carbocycles. The van der Waals surface area contributed by atoms with E-state index in [4.69, 9.17) is 5.73 Å². The van der Waals surface area contributed by atoms with Gasteiger partial charge in [-0.15, -0.1) is 0 Å². The van der Waals surface area contributed by atoms with Gasteiger partial charge in [0.1, 0.15) is 0 Å². The van der Waals surface area contributed by atoms with Crippen LogP contribution in [0.15, 0.2) is 36.7 Å². The molecule has 1 aromatic heterocycles. The molecule has 0 aliphatic carbocycles. The van der Waals surface area contributed by atoms with Crippen LogP contribution < -0.4 is 11.1 Å². The van der Waals surface area contributed by atoms with Crippen LogP contribution in [0.4, 0.5) is 11.4 Å². The molecule has 112 valence electrons. The van der Waals surface area contributed by atoms with Crippen molar-refractivity contribution < 1.29 is 4.79 Å². The molecule has 0 saturated heterocycles. The molecule has 0 radical (unpaired) electrons. The summed E-state index contributed by atoms with van der Waals surface area (Å²) in [6.07, 6.45) is 4.60. The number of hydrogen-bond donors (Lipinski definition) is 2. The van der Waals surface area contributed by atoms with Crippen molar-refractivity contribution in [3.05, 3.63) is 42.2 Å². The summed E-state index contributed by atoms with van der Waals surface area (Å²) in [6, 6.07) is 7.20. The summed E-state index contributed by atoms with van der Waals surface area (Å²) in [5.74, 6) is -0.0374. The first-order valence-corrected chi connectivity index (χ1v) is 6.90. The van der Waals surface area contributed by atoms with Crippen LogP contribution in [0.25, 0.3) is 0 Å². The lowest BCUT2D eigenvalue weighted by Gasteiger charge is -2.16. The fourth-order valence-electron chi connectivity index (χ4n) is 2.03. The number of rotatable bonds is 6. The van der Waals surface area contributed by atoms with Crippen LogP contribution in [-0.2, 0) is 6.54 Å². The maximum absolute atomic E-state index is 12.1. The Labute approximate surface area is 124 Å². The van der Waals surface area contributed by atoms with Crippen molar-refractivity contribution in [2.75, 3.05) is 31.7 Å². The SMILES string of the molecule is CN(C)C(=O)c1ccc(N)cc1NCCCn1cccn1. The van der Waals surface area contributed by atoms with E-state index in [1.165, 1.54) is 0 Å². The number of nitrogens with zero attached hydrogens (tertiary/aromatic N) is 3. The lowest BCUT2D eigenvalue weighted by atomic mass is 10.1. The average Bonchev–Trinajstić information content (AvgIpc) is 2.96. The number of anilines is 2. The monoisotopic (exact) mass is 287 g/mol. The number of benzene rings is 1. The van der Waals surface area contributed by atoms with E-state index in [1.807, 2.05) is 16.9 Å². The topological polar surface area (TPSA) is 76.2 Å². The first kappa shape index (κ1) is 14.9. The smallest absolute Gasteiger partial charge is 0.255 e. The van der Waals surface area contributed by atoms with Gasteiger partial charge in [-0.2, -0.15) is 5.10 Å². The Bertz CT molecular complexity index is 592. The molecule has 0 aliphatic heterocycles. The van der Waals surface area contributed by atoms with E-state index in [1.54, 1.807) is 43.4 Å². The van der Waals surface area contributed by atoms with Gasteiger partial charge in [-0.25, -0.2) is 0 Å². The largest absolute Gasteiger partial charge is 0.399 e. The quantitative estimate of drug-likeness (QED) is 0.626. The summed E-state index contributed by atoms with van der Waals surface area (Å²) in [4.78, 5) is 13.7. The predicted octanol–water partition coefficient (Wildman–Crippen LogP) is 1.67. The Balaban J connectivity index is 1.98. The van der Waals surface area contributed by atoms with E-state index in [9.17, 15) is 4.79 Å². The first-order valence-electron chi connectivity index (χ1n) is 6.90. The minimum absolute atomic E-state index is 0.0374. The number of amides is 1. The molecule has 0 saturated carbocycles. The molecule has 0 aliphatic rings. The highest BCUT2D eigenvalue weighted by Gasteiger charge is 2.13. The Morgan fingerprint density at radius 2 is 2.24 bits per heavy atom. The van der Waals surface area contributed by atoms with Crippen LogP contribution in [0.1, 0.15) is 16.8 Å². The highest BCUT2D eigenvalue weighted by Crippen LogP contribution is 2.20. The van der Waals surface area contributed by atoms with Crippen molar-refractivity contribution in [1.29, 1.82) is 0 Å². The number of aryl methyl sites for hydroxylation is 1.